The minimum Gasteiger partial charge on any atom is -0.493 e. The van der Waals surface area contributed by atoms with Gasteiger partial charge < -0.3 is 20.1 Å². The Morgan fingerprint density at radius 2 is 1.79 bits per heavy atom. The van der Waals surface area contributed by atoms with Crippen LogP contribution in [0.3, 0.4) is 0 Å². The molecular formula is C23H25N3O3. The number of anilines is 2. The van der Waals surface area contributed by atoms with E-state index in [-0.39, 0.29) is 5.91 Å². The molecule has 3 rings (SSSR count). The standard InChI is InChI=1S/C23H25N3O3/c1-16-6-4-5-7-20(16)26-19-13-18(14-24-15-19)23(27)25-11-10-17-8-9-21(28-2)22(12-17)29-3/h4-9,12-15,26H,10-11H2,1-3H3,(H,25,27). The molecule has 1 aromatic heterocycles. The molecule has 0 fully saturated rings. The van der Waals surface area contributed by atoms with Crippen LogP contribution in [-0.2, 0) is 6.42 Å². The van der Waals surface area contributed by atoms with Crippen LogP contribution >= 0.6 is 0 Å². The first-order valence-corrected chi connectivity index (χ1v) is 9.37. The predicted molar refractivity (Wildman–Crippen MR) is 114 cm³/mol. The van der Waals surface area contributed by atoms with E-state index in [1.165, 1.54) is 0 Å². The minimum atomic E-state index is -0.161. The summed E-state index contributed by atoms with van der Waals surface area (Å²) in [5.41, 5.74) is 4.44. The summed E-state index contributed by atoms with van der Waals surface area (Å²) in [7, 11) is 3.21. The normalized spacial score (nSPS) is 10.3. The molecule has 0 aliphatic heterocycles. The summed E-state index contributed by atoms with van der Waals surface area (Å²) < 4.78 is 10.6. The average molecular weight is 391 g/mol. The maximum atomic E-state index is 12.5. The summed E-state index contributed by atoms with van der Waals surface area (Å²) in [6.45, 7) is 2.53. The lowest BCUT2D eigenvalue weighted by Crippen LogP contribution is -2.25. The third-order valence-electron chi connectivity index (χ3n) is 4.57. The summed E-state index contributed by atoms with van der Waals surface area (Å²) in [5, 5.41) is 6.24. The van der Waals surface area contributed by atoms with Crippen LogP contribution in [0, 0.1) is 6.92 Å². The van der Waals surface area contributed by atoms with Crippen LogP contribution in [0.25, 0.3) is 0 Å². The van der Waals surface area contributed by atoms with Crippen molar-refractivity contribution >= 4 is 17.3 Å². The quantitative estimate of drug-likeness (QED) is 0.604. The minimum absolute atomic E-state index is 0.161. The molecule has 6 nitrogen and oxygen atoms in total. The number of aryl methyl sites for hydroxylation is 1. The van der Waals surface area contributed by atoms with Crippen LogP contribution < -0.4 is 20.1 Å². The molecule has 3 aromatic rings. The molecule has 1 heterocycles. The SMILES string of the molecule is COc1ccc(CCNC(=O)c2cncc(Nc3ccccc3C)c2)cc1OC. The second kappa shape index (κ2) is 9.59. The number of carbonyl (C=O) groups excluding carboxylic acids is 1. The molecule has 0 saturated carbocycles. The number of hydrogen-bond acceptors (Lipinski definition) is 5. The largest absolute Gasteiger partial charge is 0.493 e. The highest BCUT2D eigenvalue weighted by Crippen LogP contribution is 2.27. The lowest BCUT2D eigenvalue weighted by Gasteiger charge is -2.11. The van der Waals surface area contributed by atoms with Crippen molar-refractivity contribution in [1.82, 2.24) is 10.3 Å². The Balaban J connectivity index is 1.59. The van der Waals surface area contributed by atoms with Gasteiger partial charge in [-0.25, -0.2) is 0 Å². The number of aromatic nitrogens is 1. The molecule has 150 valence electrons. The van der Waals surface area contributed by atoms with E-state index in [1.807, 2.05) is 49.4 Å². The number of para-hydroxylation sites is 1. The number of benzene rings is 2. The van der Waals surface area contributed by atoms with Gasteiger partial charge in [-0.1, -0.05) is 24.3 Å². The molecule has 2 N–H and O–H groups in total. The Hall–Kier alpha value is -3.54. The van der Waals surface area contributed by atoms with E-state index in [4.69, 9.17) is 9.47 Å². The highest BCUT2D eigenvalue weighted by molar-refractivity contribution is 5.94. The van der Waals surface area contributed by atoms with Crippen molar-refractivity contribution in [2.45, 2.75) is 13.3 Å². The molecule has 29 heavy (non-hydrogen) atoms. The first-order chi connectivity index (χ1) is 14.1. The maximum Gasteiger partial charge on any atom is 0.252 e. The van der Waals surface area contributed by atoms with Crippen LogP contribution in [0.2, 0.25) is 0 Å². The third kappa shape index (κ3) is 5.25. The topological polar surface area (TPSA) is 72.5 Å². The van der Waals surface area contributed by atoms with Crippen LogP contribution in [0.15, 0.2) is 60.9 Å². The summed E-state index contributed by atoms with van der Waals surface area (Å²) >= 11 is 0. The number of nitrogens with one attached hydrogen (secondary N) is 2. The van der Waals surface area contributed by atoms with Gasteiger partial charge in [0.1, 0.15) is 0 Å². The monoisotopic (exact) mass is 391 g/mol. The van der Waals surface area contributed by atoms with Gasteiger partial charge in [0.2, 0.25) is 0 Å². The zero-order valence-corrected chi connectivity index (χ0v) is 16.9. The summed E-state index contributed by atoms with van der Waals surface area (Å²) in [6, 6.07) is 15.5. The molecule has 0 aliphatic carbocycles. The summed E-state index contributed by atoms with van der Waals surface area (Å²) in [4.78, 5) is 16.7. The van der Waals surface area contributed by atoms with E-state index >= 15 is 0 Å². The first kappa shape index (κ1) is 20.2. The van der Waals surface area contributed by atoms with Gasteiger partial charge in [-0.2, -0.15) is 0 Å². The molecule has 1 amide bonds. The molecule has 0 saturated heterocycles. The second-order valence-electron chi connectivity index (χ2n) is 6.60. The molecule has 6 heteroatoms. The van der Waals surface area contributed by atoms with Crippen molar-refractivity contribution in [1.29, 1.82) is 0 Å². The molecule has 0 bridgehead atoms. The first-order valence-electron chi connectivity index (χ1n) is 9.37. The van der Waals surface area contributed by atoms with E-state index in [0.717, 1.165) is 22.5 Å². The lowest BCUT2D eigenvalue weighted by molar-refractivity contribution is 0.0954. The molecule has 0 aliphatic rings. The van der Waals surface area contributed by atoms with Crippen molar-refractivity contribution < 1.29 is 14.3 Å². The lowest BCUT2D eigenvalue weighted by atomic mass is 10.1. The van der Waals surface area contributed by atoms with E-state index in [2.05, 4.69) is 15.6 Å². The molecule has 0 radical (unpaired) electrons. The molecule has 0 unspecified atom stereocenters. The number of pyridine rings is 1. The number of methoxy groups -OCH3 is 2. The zero-order chi connectivity index (χ0) is 20.6. The maximum absolute atomic E-state index is 12.5. The average Bonchev–Trinajstić information content (AvgIpc) is 2.75. The zero-order valence-electron chi connectivity index (χ0n) is 16.9. The Morgan fingerprint density at radius 1 is 1.00 bits per heavy atom. The van der Waals surface area contributed by atoms with Crippen LogP contribution in [0.1, 0.15) is 21.5 Å². The second-order valence-corrected chi connectivity index (χ2v) is 6.60. The Labute approximate surface area is 170 Å². The predicted octanol–water partition coefficient (Wildman–Crippen LogP) is 4.12. The van der Waals surface area contributed by atoms with Gasteiger partial charge in [0, 0.05) is 18.4 Å². The number of nitrogens with zero attached hydrogens (tertiary/aromatic N) is 1. The fourth-order valence-corrected chi connectivity index (χ4v) is 2.96. The van der Waals surface area contributed by atoms with Crippen molar-refractivity contribution in [3.05, 3.63) is 77.6 Å². The van der Waals surface area contributed by atoms with Gasteiger partial charge in [-0.15, -0.1) is 0 Å². The van der Waals surface area contributed by atoms with Gasteiger partial charge in [0.15, 0.2) is 11.5 Å². The highest BCUT2D eigenvalue weighted by Gasteiger charge is 2.09. The summed E-state index contributed by atoms with van der Waals surface area (Å²) in [5.74, 6) is 1.20. The molecule has 0 atom stereocenters. The van der Waals surface area contributed by atoms with Crippen molar-refractivity contribution in [2.75, 3.05) is 26.1 Å². The van der Waals surface area contributed by atoms with Crippen LogP contribution in [0.4, 0.5) is 11.4 Å². The fraction of sp³-hybridized carbons (Fsp3) is 0.217. The highest BCUT2D eigenvalue weighted by atomic mass is 16.5. The van der Waals surface area contributed by atoms with Gasteiger partial charge in [-0.3, -0.25) is 9.78 Å². The molecular weight excluding hydrogens is 366 g/mol. The van der Waals surface area contributed by atoms with Crippen molar-refractivity contribution in [2.24, 2.45) is 0 Å². The Bertz CT molecular complexity index is 989. The van der Waals surface area contributed by atoms with Gasteiger partial charge >= 0.3 is 0 Å². The van der Waals surface area contributed by atoms with Crippen molar-refractivity contribution in [3.8, 4) is 11.5 Å². The van der Waals surface area contributed by atoms with Gasteiger partial charge in [0.05, 0.1) is 31.7 Å². The van der Waals surface area contributed by atoms with Crippen LogP contribution in [-0.4, -0.2) is 31.7 Å². The van der Waals surface area contributed by atoms with E-state index in [0.29, 0.717) is 30.0 Å². The fourth-order valence-electron chi connectivity index (χ4n) is 2.96. The third-order valence-corrected chi connectivity index (χ3v) is 4.57. The van der Waals surface area contributed by atoms with E-state index < -0.39 is 0 Å². The van der Waals surface area contributed by atoms with Crippen LogP contribution in [0.5, 0.6) is 11.5 Å². The molecule has 2 aromatic carbocycles. The Kier molecular flexibility index (Phi) is 6.68. The Morgan fingerprint density at radius 3 is 2.55 bits per heavy atom. The molecule has 0 spiro atoms. The van der Waals surface area contributed by atoms with Gasteiger partial charge in [-0.05, 0) is 48.7 Å². The number of hydrogen-bond donors (Lipinski definition) is 2. The van der Waals surface area contributed by atoms with Gasteiger partial charge in [0.25, 0.3) is 5.91 Å². The summed E-state index contributed by atoms with van der Waals surface area (Å²) in [6.07, 6.45) is 3.95. The number of ether oxygens (including phenoxy) is 2. The number of rotatable bonds is 8. The number of amides is 1. The van der Waals surface area contributed by atoms with E-state index in [9.17, 15) is 4.79 Å². The number of carbonyl (C=O) groups is 1. The van der Waals surface area contributed by atoms with Crippen molar-refractivity contribution in [3.63, 3.8) is 0 Å². The smallest absolute Gasteiger partial charge is 0.252 e. The van der Waals surface area contributed by atoms with E-state index in [1.54, 1.807) is 32.7 Å².